The lowest BCUT2D eigenvalue weighted by Crippen LogP contribution is -2.04. The van der Waals surface area contributed by atoms with Gasteiger partial charge in [0.15, 0.2) is 11.5 Å². The Hall–Kier alpha value is -1.52. The fraction of sp³-hybridized carbons (Fsp3) is 0.455. The molecule has 0 aliphatic heterocycles. The van der Waals surface area contributed by atoms with Gasteiger partial charge in [0.1, 0.15) is 5.75 Å². The highest BCUT2D eigenvalue weighted by Crippen LogP contribution is 2.36. The lowest BCUT2D eigenvalue weighted by Gasteiger charge is -2.14. The first kappa shape index (κ1) is 12.5. The van der Waals surface area contributed by atoms with Crippen LogP contribution in [0.4, 0.5) is 8.78 Å². The van der Waals surface area contributed by atoms with E-state index in [0.29, 0.717) is 17.9 Å². The molecule has 1 aromatic carbocycles. The van der Waals surface area contributed by atoms with Gasteiger partial charge in [-0.2, -0.15) is 8.78 Å². The van der Waals surface area contributed by atoms with E-state index >= 15 is 0 Å². The van der Waals surface area contributed by atoms with E-state index in [4.69, 9.17) is 9.47 Å². The quantitative estimate of drug-likeness (QED) is 0.781. The first-order chi connectivity index (χ1) is 7.62. The summed E-state index contributed by atoms with van der Waals surface area (Å²) in [5.74, 6) is 1.01. The van der Waals surface area contributed by atoms with E-state index in [2.05, 4.69) is 4.74 Å². The van der Waals surface area contributed by atoms with Gasteiger partial charge < -0.3 is 14.2 Å². The summed E-state index contributed by atoms with van der Waals surface area (Å²) in [4.78, 5) is 0. The molecule has 0 aliphatic carbocycles. The molecule has 0 N–H and O–H groups in total. The third kappa shape index (κ3) is 2.74. The van der Waals surface area contributed by atoms with Crippen LogP contribution in [0.1, 0.15) is 12.5 Å². The van der Waals surface area contributed by atoms with Crippen LogP contribution in [0, 0.1) is 0 Å². The summed E-state index contributed by atoms with van der Waals surface area (Å²) in [5.41, 5.74) is 0.762. The first-order valence-electron chi connectivity index (χ1n) is 4.82. The Morgan fingerprint density at radius 3 is 2.31 bits per heavy atom. The molecule has 0 aliphatic rings. The molecule has 0 amide bonds. The zero-order chi connectivity index (χ0) is 12.1. The van der Waals surface area contributed by atoms with Crippen LogP contribution in [0.25, 0.3) is 0 Å². The Morgan fingerprint density at radius 1 is 1.19 bits per heavy atom. The molecule has 16 heavy (non-hydrogen) atoms. The summed E-state index contributed by atoms with van der Waals surface area (Å²) < 4.78 is 38.7. The van der Waals surface area contributed by atoms with E-state index in [9.17, 15) is 8.78 Å². The number of hydrogen-bond acceptors (Lipinski definition) is 3. The molecule has 1 rings (SSSR count). The highest BCUT2D eigenvalue weighted by molar-refractivity contribution is 5.51. The van der Waals surface area contributed by atoms with Gasteiger partial charge in [0.2, 0.25) is 0 Å². The molecule has 0 radical (unpaired) electrons. The van der Waals surface area contributed by atoms with Gasteiger partial charge in [-0.15, -0.1) is 0 Å². The average molecular weight is 232 g/mol. The number of halogens is 2. The van der Waals surface area contributed by atoms with Crippen LogP contribution in [0.2, 0.25) is 0 Å². The third-order valence-electron chi connectivity index (χ3n) is 2.14. The number of alkyl halides is 2. The van der Waals surface area contributed by atoms with Gasteiger partial charge in [-0.25, -0.2) is 0 Å². The zero-order valence-corrected chi connectivity index (χ0v) is 9.42. The molecule has 0 aromatic heterocycles. The van der Waals surface area contributed by atoms with E-state index in [1.807, 2.05) is 6.92 Å². The predicted molar refractivity (Wildman–Crippen MR) is 55.6 cm³/mol. The Morgan fingerprint density at radius 2 is 1.88 bits per heavy atom. The predicted octanol–water partition coefficient (Wildman–Crippen LogP) is 2.87. The smallest absolute Gasteiger partial charge is 0.387 e. The second kappa shape index (κ2) is 5.53. The molecule has 0 unspecified atom stereocenters. The fourth-order valence-electron chi connectivity index (χ4n) is 1.45. The van der Waals surface area contributed by atoms with Crippen LogP contribution in [0.3, 0.4) is 0 Å². The van der Waals surface area contributed by atoms with Crippen LogP contribution in [0.5, 0.6) is 17.2 Å². The van der Waals surface area contributed by atoms with Gasteiger partial charge in [0.25, 0.3) is 0 Å². The normalized spacial score (nSPS) is 10.4. The van der Waals surface area contributed by atoms with Crippen LogP contribution >= 0.6 is 0 Å². The monoisotopic (exact) mass is 232 g/mol. The summed E-state index contributed by atoms with van der Waals surface area (Å²) in [5, 5.41) is 0. The molecule has 0 bridgehead atoms. The van der Waals surface area contributed by atoms with Crippen molar-refractivity contribution in [3.63, 3.8) is 0 Å². The lowest BCUT2D eigenvalue weighted by molar-refractivity contribution is -0.0500. The van der Waals surface area contributed by atoms with Crippen molar-refractivity contribution in [1.82, 2.24) is 0 Å². The van der Waals surface area contributed by atoms with Crippen molar-refractivity contribution in [2.45, 2.75) is 20.0 Å². The van der Waals surface area contributed by atoms with Gasteiger partial charge in [-0.3, -0.25) is 0 Å². The van der Waals surface area contributed by atoms with Gasteiger partial charge in [0.05, 0.1) is 14.2 Å². The summed E-state index contributed by atoms with van der Waals surface area (Å²) in [7, 11) is 2.95. The standard InChI is InChI=1S/C11H14F2O3/c1-4-7-5-8(16-11(12)13)6-9(14-2)10(7)15-3/h5-6,11H,4H2,1-3H3. The SMILES string of the molecule is CCc1cc(OC(F)F)cc(OC)c1OC. The van der Waals surface area contributed by atoms with E-state index in [1.165, 1.54) is 26.4 Å². The number of hydrogen-bond donors (Lipinski definition) is 0. The minimum atomic E-state index is -2.84. The van der Waals surface area contributed by atoms with E-state index in [0.717, 1.165) is 5.56 Å². The van der Waals surface area contributed by atoms with Crippen LogP contribution in [0.15, 0.2) is 12.1 Å². The molecule has 0 saturated carbocycles. The van der Waals surface area contributed by atoms with E-state index in [-0.39, 0.29) is 5.75 Å². The van der Waals surface area contributed by atoms with E-state index in [1.54, 1.807) is 0 Å². The molecule has 0 spiro atoms. The van der Waals surface area contributed by atoms with Crippen molar-refractivity contribution in [1.29, 1.82) is 0 Å². The van der Waals surface area contributed by atoms with Crippen LogP contribution < -0.4 is 14.2 Å². The Kier molecular flexibility index (Phi) is 4.34. The number of ether oxygens (including phenoxy) is 3. The highest BCUT2D eigenvalue weighted by atomic mass is 19.3. The second-order valence-corrected chi connectivity index (χ2v) is 3.05. The summed E-state index contributed by atoms with van der Waals surface area (Å²) in [6.07, 6.45) is 0.639. The Bertz CT molecular complexity index is 328. The first-order valence-corrected chi connectivity index (χ1v) is 4.82. The zero-order valence-electron chi connectivity index (χ0n) is 9.42. The highest BCUT2D eigenvalue weighted by Gasteiger charge is 2.14. The Balaban J connectivity index is 3.15. The molecule has 0 fully saturated rings. The third-order valence-corrected chi connectivity index (χ3v) is 2.14. The van der Waals surface area contributed by atoms with Crippen LogP contribution in [-0.2, 0) is 6.42 Å². The number of methoxy groups -OCH3 is 2. The number of benzene rings is 1. The van der Waals surface area contributed by atoms with Crippen molar-refractivity contribution < 1.29 is 23.0 Å². The molecular formula is C11H14F2O3. The maximum atomic E-state index is 12.1. The molecule has 0 saturated heterocycles. The van der Waals surface area contributed by atoms with Crippen molar-refractivity contribution in [3.05, 3.63) is 17.7 Å². The van der Waals surface area contributed by atoms with Crippen molar-refractivity contribution in [3.8, 4) is 17.2 Å². The topological polar surface area (TPSA) is 27.7 Å². The maximum absolute atomic E-state index is 12.1. The lowest BCUT2D eigenvalue weighted by atomic mass is 10.1. The van der Waals surface area contributed by atoms with Gasteiger partial charge in [0, 0.05) is 11.6 Å². The van der Waals surface area contributed by atoms with Gasteiger partial charge >= 0.3 is 6.61 Å². The number of rotatable bonds is 5. The van der Waals surface area contributed by atoms with E-state index < -0.39 is 6.61 Å². The van der Waals surface area contributed by atoms with Gasteiger partial charge in [-0.05, 0) is 12.5 Å². The second-order valence-electron chi connectivity index (χ2n) is 3.05. The fourth-order valence-corrected chi connectivity index (χ4v) is 1.45. The Labute approximate surface area is 92.9 Å². The van der Waals surface area contributed by atoms with Crippen molar-refractivity contribution in [2.75, 3.05) is 14.2 Å². The summed E-state index contributed by atoms with van der Waals surface area (Å²) in [6, 6.07) is 2.90. The number of aryl methyl sites for hydroxylation is 1. The molecule has 0 atom stereocenters. The minimum Gasteiger partial charge on any atom is -0.493 e. The largest absolute Gasteiger partial charge is 0.493 e. The molecule has 3 nitrogen and oxygen atoms in total. The molecule has 1 aromatic rings. The van der Waals surface area contributed by atoms with Crippen LogP contribution in [-0.4, -0.2) is 20.8 Å². The molecule has 90 valence electrons. The molecule has 0 heterocycles. The summed E-state index contributed by atoms with van der Waals surface area (Å²) in [6.45, 7) is -0.952. The maximum Gasteiger partial charge on any atom is 0.387 e. The van der Waals surface area contributed by atoms with Crippen molar-refractivity contribution in [2.24, 2.45) is 0 Å². The molecular weight excluding hydrogens is 218 g/mol. The summed E-state index contributed by atoms with van der Waals surface area (Å²) >= 11 is 0. The molecule has 5 heteroatoms. The minimum absolute atomic E-state index is 0.0736. The average Bonchev–Trinajstić information content (AvgIpc) is 2.26. The van der Waals surface area contributed by atoms with Gasteiger partial charge in [-0.1, -0.05) is 6.92 Å². The van der Waals surface area contributed by atoms with Crippen molar-refractivity contribution >= 4 is 0 Å².